The van der Waals surface area contributed by atoms with Crippen molar-refractivity contribution in [3.05, 3.63) is 47.9 Å². The van der Waals surface area contributed by atoms with Crippen molar-refractivity contribution >= 4 is 0 Å². The monoisotopic (exact) mass is 274 g/mol. The van der Waals surface area contributed by atoms with Gasteiger partial charge in [0, 0.05) is 12.1 Å². The standard InChI is InChI=1S/C16H22N2O2/c1-12(2)11-19-15-6-4-14(5-7-15)13(3)17-10-16-8-9-18-20-16/h4-9,12-13,17H,10-11H2,1-3H3. The second kappa shape index (κ2) is 7.10. The number of hydrogen-bond donors (Lipinski definition) is 1. The molecule has 0 spiro atoms. The van der Waals surface area contributed by atoms with Gasteiger partial charge in [-0.2, -0.15) is 0 Å². The molecular formula is C16H22N2O2. The lowest BCUT2D eigenvalue weighted by atomic mass is 10.1. The number of hydrogen-bond acceptors (Lipinski definition) is 4. The van der Waals surface area contributed by atoms with Crippen LogP contribution >= 0.6 is 0 Å². The van der Waals surface area contributed by atoms with Crippen molar-refractivity contribution in [2.75, 3.05) is 6.61 Å². The minimum Gasteiger partial charge on any atom is -0.493 e. The van der Waals surface area contributed by atoms with E-state index in [0.717, 1.165) is 18.1 Å². The van der Waals surface area contributed by atoms with Crippen LogP contribution in [0, 0.1) is 5.92 Å². The highest BCUT2D eigenvalue weighted by molar-refractivity contribution is 5.29. The van der Waals surface area contributed by atoms with Gasteiger partial charge in [-0.05, 0) is 30.5 Å². The van der Waals surface area contributed by atoms with Gasteiger partial charge in [-0.15, -0.1) is 0 Å². The Morgan fingerprint density at radius 3 is 2.50 bits per heavy atom. The third-order valence-electron chi connectivity index (χ3n) is 3.04. The summed E-state index contributed by atoms with van der Waals surface area (Å²) in [6.45, 7) is 7.83. The van der Waals surface area contributed by atoms with Crippen LogP contribution in [0.4, 0.5) is 0 Å². The van der Waals surface area contributed by atoms with E-state index in [2.05, 4.69) is 43.4 Å². The molecule has 1 aromatic heterocycles. The third-order valence-corrected chi connectivity index (χ3v) is 3.04. The zero-order chi connectivity index (χ0) is 14.4. The van der Waals surface area contributed by atoms with E-state index in [1.807, 2.05) is 18.2 Å². The molecule has 2 aromatic rings. The fourth-order valence-electron chi connectivity index (χ4n) is 1.82. The van der Waals surface area contributed by atoms with Crippen molar-refractivity contribution in [1.29, 1.82) is 0 Å². The third kappa shape index (κ3) is 4.38. The Morgan fingerprint density at radius 1 is 1.15 bits per heavy atom. The van der Waals surface area contributed by atoms with E-state index in [9.17, 15) is 0 Å². The molecule has 108 valence electrons. The predicted octanol–water partition coefficient (Wildman–Crippen LogP) is 3.56. The van der Waals surface area contributed by atoms with Crippen molar-refractivity contribution in [3.8, 4) is 5.75 Å². The SMILES string of the molecule is CC(C)COc1ccc(C(C)NCc2ccno2)cc1. The molecule has 1 atom stereocenters. The number of rotatable bonds is 7. The van der Waals surface area contributed by atoms with Crippen LogP contribution in [0.25, 0.3) is 0 Å². The van der Waals surface area contributed by atoms with Crippen LogP contribution < -0.4 is 10.1 Å². The molecule has 20 heavy (non-hydrogen) atoms. The van der Waals surface area contributed by atoms with Gasteiger partial charge in [0.15, 0.2) is 0 Å². The van der Waals surface area contributed by atoms with Crippen molar-refractivity contribution in [3.63, 3.8) is 0 Å². The van der Waals surface area contributed by atoms with Crippen LogP contribution in [0.2, 0.25) is 0 Å². The zero-order valence-corrected chi connectivity index (χ0v) is 12.3. The number of nitrogens with zero attached hydrogens (tertiary/aromatic N) is 1. The zero-order valence-electron chi connectivity index (χ0n) is 12.3. The van der Waals surface area contributed by atoms with Crippen molar-refractivity contribution < 1.29 is 9.26 Å². The molecule has 0 aliphatic rings. The number of nitrogens with one attached hydrogen (secondary N) is 1. The normalized spacial score (nSPS) is 12.6. The molecule has 2 rings (SSSR count). The molecule has 0 saturated heterocycles. The van der Waals surface area contributed by atoms with Crippen LogP contribution in [-0.4, -0.2) is 11.8 Å². The van der Waals surface area contributed by atoms with Gasteiger partial charge in [0.25, 0.3) is 0 Å². The molecule has 0 fully saturated rings. The van der Waals surface area contributed by atoms with E-state index in [1.165, 1.54) is 5.56 Å². The van der Waals surface area contributed by atoms with Crippen molar-refractivity contribution in [2.24, 2.45) is 5.92 Å². The highest BCUT2D eigenvalue weighted by Gasteiger charge is 2.06. The summed E-state index contributed by atoms with van der Waals surface area (Å²) in [4.78, 5) is 0. The second-order valence-electron chi connectivity index (χ2n) is 5.36. The van der Waals surface area contributed by atoms with Gasteiger partial charge in [0.05, 0.1) is 19.3 Å². The van der Waals surface area contributed by atoms with Gasteiger partial charge < -0.3 is 14.6 Å². The Kier molecular flexibility index (Phi) is 5.18. The first-order valence-electron chi connectivity index (χ1n) is 7.01. The molecule has 1 heterocycles. The smallest absolute Gasteiger partial charge is 0.150 e. The maximum Gasteiger partial charge on any atom is 0.150 e. The summed E-state index contributed by atoms with van der Waals surface area (Å²) in [5.74, 6) is 2.30. The van der Waals surface area contributed by atoms with E-state index >= 15 is 0 Å². The fourth-order valence-corrected chi connectivity index (χ4v) is 1.82. The number of benzene rings is 1. The lowest BCUT2D eigenvalue weighted by Crippen LogP contribution is -2.17. The molecule has 4 nitrogen and oxygen atoms in total. The summed E-state index contributed by atoms with van der Waals surface area (Å²) in [7, 11) is 0. The minimum atomic E-state index is 0.249. The quantitative estimate of drug-likeness (QED) is 0.838. The summed E-state index contributed by atoms with van der Waals surface area (Å²) >= 11 is 0. The van der Waals surface area contributed by atoms with E-state index in [0.29, 0.717) is 12.5 Å². The molecule has 1 N–H and O–H groups in total. The largest absolute Gasteiger partial charge is 0.493 e. The van der Waals surface area contributed by atoms with E-state index in [4.69, 9.17) is 9.26 Å². The Hall–Kier alpha value is -1.81. The van der Waals surface area contributed by atoms with Gasteiger partial charge in [-0.3, -0.25) is 0 Å². The average molecular weight is 274 g/mol. The first kappa shape index (κ1) is 14.6. The number of aromatic nitrogens is 1. The maximum atomic E-state index is 5.68. The van der Waals surface area contributed by atoms with Gasteiger partial charge in [-0.25, -0.2) is 0 Å². The molecular weight excluding hydrogens is 252 g/mol. The molecule has 1 unspecified atom stereocenters. The molecule has 1 aromatic carbocycles. The van der Waals surface area contributed by atoms with Crippen LogP contribution in [0.1, 0.15) is 38.1 Å². The van der Waals surface area contributed by atoms with Gasteiger partial charge in [0.1, 0.15) is 11.5 Å². The minimum absolute atomic E-state index is 0.249. The number of ether oxygens (including phenoxy) is 1. The lowest BCUT2D eigenvalue weighted by molar-refractivity contribution is 0.271. The van der Waals surface area contributed by atoms with Crippen LogP contribution in [0.5, 0.6) is 5.75 Å². The van der Waals surface area contributed by atoms with E-state index in [-0.39, 0.29) is 6.04 Å². The first-order chi connectivity index (χ1) is 9.65. The van der Waals surface area contributed by atoms with Crippen LogP contribution in [0.3, 0.4) is 0 Å². The Labute approximate surface area is 120 Å². The average Bonchev–Trinajstić information content (AvgIpc) is 2.96. The molecule has 0 radical (unpaired) electrons. The predicted molar refractivity (Wildman–Crippen MR) is 78.5 cm³/mol. The van der Waals surface area contributed by atoms with Gasteiger partial charge >= 0.3 is 0 Å². The Balaban J connectivity index is 1.85. The molecule has 0 aliphatic heterocycles. The van der Waals surface area contributed by atoms with E-state index in [1.54, 1.807) is 6.20 Å². The van der Waals surface area contributed by atoms with Crippen LogP contribution in [-0.2, 0) is 6.54 Å². The fraction of sp³-hybridized carbons (Fsp3) is 0.438. The summed E-state index contributed by atoms with van der Waals surface area (Å²) in [6.07, 6.45) is 1.66. The molecule has 0 amide bonds. The molecule has 4 heteroatoms. The van der Waals surface area contributed by atoms with E-state index < -0.39 is 0 Å². The van der Waals surface area contributed by atoms with Crippen LogP contribution in [0.15, 0.2) is 41.1 Å². The van der Waals surface area contributed by atoms with Gasteiger partial charge in [0.2, 0.25) is 0 Å². The van der Waals surface area contributed by atoms with Crippen molar-refractivity contribution in [2.45, 2.75) is 33.4 Å². The van der Waals surface area contributed by atoms with Gasteiger partial charge in [-0.1, -0.05) is 31.1 Å². The first-order valence-corrected chi connectivity index (χ1v) is 7.01. The highest BCUT2D eigenvalue weighted by atomic mass is 16.5. The summed E-state index contributed by atoms with van der Waals surface area (Å²) in [5, 5.41) is 7.08. The highest BCUT2D eigenvalue weighted by Crippen LogP contribution is 2.18. The molecule has 0 saturated carbocycles. The maximum absolute atomic E-state index is 5.68. The Bertz CT molecular complexity index is 492. The lowest BCUT2D eigenvalue weighted by Gasteiger charge is -2.14. The second-order valence-corrected chi connectivity index (χ2v) is 5.36. The summed E-state index contributed by atoms with van der Waals surface area (Å²) < 4.78 is 10.7. The topological polar surface area (TPSA) is 47.3 Å². The Morgan fingerprint density at radius 2 is 1.90 bits per heavy atom. The molecule has 0 aliphatic carbocycles. The van der Waals surface area contributed by atoms with Crippen molar-refractivity contribution in [1.82, 2.24) is 10.5 Å². The summed E-state index contributed by atoms with van der Waals surface area (Å²) in [5.41, 5.74) is 1.22. The summed E-state index contributed by atoms with van der Waals surface area (Å²) in [6, 6.07) is 10.3. The molecule has 0 bridgehead atoms.